The summed E-state index contributed by atoms with van der Waals surface area (Å²) in [6.07, 6.45) is -1.03. The molecule has 4 nitrogen and oxygen atoms in total. The van der Waals surface area contributed by atoms with E-state index in [0.717, 1.165) is 31.7 Å². The first-order chi connectivity index (χ1) is 11.3. The predicted molar refractivity (Wildman–Crippen MR) is 84.5 cm³/mol. The zero-order chi connectivity index (χ0) is 17.8. The van der Waals surface area contributed by atoms with Gasteiger partial charge in [-0.2, -0.15) is 13.2 Å². The molecule has 1 aliphatic carbocycles. The van der Waals surface area contributed by atoms with Gasteiger partial charge in [0, 0.05) is 19.1 Å². The van der Waals surface area contributed by atoms with E-state index >= 15 is 0 Å². The van der Waals surface area contributed by atoms with Crippen LogP contribution < -0.4 is 11.1 Å². The second-order valence-electron chi connectivity index (χ2n) is 6.35. The van der Waals surface area contributed by atoms with Crippen LogP contribution in [0.15, 0.2) is 24.3 Å². The topological polar surface area (TPSA) is 64.3 Å². The minimum absolute atomic E-state index is 0.0996. The summed E-state index contributed by atoms with van der Waals surface area (Å²) in [5, 5.41) is 2.78. The summed E-state index contributed by atoms with van der Waals surface area (Å²) < 4.78 is 43.8. The van der Waals surface area contributed by atoms with Gasteiger partial charge in [0.2, 0.25) is 5.91 Å². The zero-order valence-electron chi connectivity index (χ0n) is 13.7. The van der Waals surface area contributed by atoms with Crippen molar-refractivity contribution in [3.8, 4) is 0 Å². The Kier molecular flexibility index (Phi) is 5.87. The number of alkyl halides is 3. The first-order valence-electron chi connectivity index (χ1n) is 7.98. The van der Waals surface area contributed by atoms with Crippen LogP contribution in [-0.2, 0) is 21.1 Å². The average molecular weight is 344 g/mol. The van der Waals surface area contributed by atoms with E-state index in [9.17, 15) is 18.0 Å². The lowest BCUT2D eigenvalue weighted by Crippen LogP contribution is -2.48. The van der Waals surface area contributed by atoms with Gasteiger partial charge in [-0.1, -0.05) is 31.0 Å². The van der Waals surface area contributed by atoms with Crippen LogP contribution in [0.3, 0.4) is 0 Å². The van der Waals surface area contributed by atoms with Crippen LogP contribution in [0.25, 0.3) is 0 Å². The summed E-state index contributed by atoms with van der Waals surface area (Å²) in [6, 6.07) is 4.62. The summed E-state index contributed by atoms with van der Waals surface area (Å²) in [4.78, 5) is 12.0. The molecule has 24 heavy (non-hydrogen) atoms. The third kappa shape index (κ3) is 4.27. The molecule has 0 bridgehead atoms. The molecule has 1 atom stereocenters. The molecular weight excluding hydrogens is 321 g/mol. The Morgan fingerprint density at radius 3 is 2.62 bits per heavy atom. The fraction of sp³-hybridized carbons (Fsp3) is 0.588. The number of nitrogens with one attached hydrogen (secondary N) is 1. The molecule has 0 spiro atoms. The number of hydrogen-bond donors (Lipinski definition) is 2. The Morgan fingerprint density at radius 2 is 2.04 bits per heavy atom. The minimum Gasteiger partial charge on any atom is -0.383 e. The molecule has 1 aliphatic rings. The Balaban J connectivity index is 2.18. The summed E-state index contributed by atoms with van der Waals surface area (Å²) in [5.41, 5.74) is 5.18. The third-order valence-corrected chi connectivity index (χ3v) is 4.65. The lowest BCUT2D eigenvalue weighted by Gasteiger charge is -2.31. The maximum absolute atomic E-state index is 13.0. The van der Waals surface area contributed by atoms with E-state index in [2.05, 4.69) is 5.32 Å². The van der Waals surface area contributed by atoms with Gasteiger partial charge in [-0.15, -0.1) is 0 Å². The van der Waals surface area contributed by atoms with Crippen molar-refractivity contribution in [1.82, 2.24) is 5.32 Å². The maximum atomic E-state index is 13.0. The van der Waals surface area contributed by atoms with Gasteiger partial charge >= 0.3 is 6.18 Å². The number of ether oxygens (including phenoxy) is 1. The van der Waals surface area contributed by atoms with Gasteiger partial charge in [-0.3, -0.25) is 4.79 Å². The van der Waals surface area contributed by atoms with Gasteiger partial charge in [0.05, 0.1) is 12.2 Å². The largest absolute Gasteiger partial charge is 0.416 e. The molecule has 1 amide bonds. The molecule has 7 heteroatoms. The second kappa shape index (κ2) is 7.53. The van der Waals surface area contributed by atoms with Gasteiger partial charge in [0.1, 0.15) is 6.04 Å². The standard InChI is InChI=1S/C17H23F3N2O2/c1-24-10-14(21)15(23)22-11-16(7-2-3-8-16)12-5-4-6-13(9-12)17(18,19)20/h4-6,9,14H,2-3,7-8,10-11,21H2,1H3,(H,22,23). The Hall–Kier alpha value is -1.60. The van der Waals surface area contributed by atoms with Gasteiger partial charge in [-0.25, -0.2) is 0 Å². The molecular formula is C17H23F3N2O2. The smallest absolute Gasteiger partial charge is 0.383 e. The number of rotatable bonds is 6. The highest BCUT2D eigenvalue weighted by Crippen LogP contribution is 2.42. The van der Waals surface area contributed by atoms with Crippen LogP contribution in [0.5, 0.6) is 0 Å². The highest BCUT2D eigenvalue weighted by atomic mass is 19.4. The normalized spacial score (nSPS) is 18.4. The number of nitrogens with two attached hydrogens (primary N) is 1. The lowest BCUT2D eigenvalue weighted by molar-refractivity contribution is -0.137. The molecule has 0 heterocycles. The van der Waals surface area contributed by atoms with Crippen LogP contribution in [-0.4, -0.2) is 32.2 Å². The predicted octanol–water partition coefficient (Wildman–Crippen LogP) is 2.61. The third-order valence-electron chi connectivity index (χ3n) is 4.65. The summed E-state index contributed by atoms with van der Waals surface area (Å²) >= 11 is 0. The van der Waals surface area contributed by atoms with E-state index in [0.29, 0.717) is 5.56 Å². The van der Waals surface area contributed by atoms with Gasteiger partial charge in [0.25, 0.3) is 0 Å². The number of amides is 1. The van der Waals surface area contributed by atoms with Crippen molar-refractivity contribution in [2.45, 2.75) is 43.3 Å². The van der Waals surface area contributed by atoms with E-state index < -0.39 is 23.2 Å². The molecule has 134 valence electrons. The molecule has 2 rings (SSSR count). The quantitative estimate of drug-likeness (QED) is 0.834. The second-order valence-corrected chi connectivity index (χ2v) is 6.35. The summed E-state index contributed by atoms with van der Waals surface area (Å²) in [7, 11) is 1.45. The number of halogens is 3. The van der Waals surface area contributed by atoms with Crippen LogP contribution in [0.4, 0.5) is 13.2 Å². The Labute approximate surface area is 139 Å². The highest BCUT2D eigenvalue weighted by molar-refractivity contribution is 5.81. The fourth-order valence-electron chi connectivity index (χ4n) is 3.29. The first-order valence-corrected chi connectivity index (χ1v) is 7.98. The minimum atomic E-state index is -4.38. The molecule has 3 N–H and O–H groups in total. The maximum Gasteiger partial charge on any atom is 0.416 e. The van der Waals surface area contributed by atoms with E-state index in [1.165, 1.54) is 19.2 Å². The van der Waals surface area contributed by atoms with Crippen molar-refractivity contribution in [2.24, 2.45) is 5.73 Å². The monoisotopic (exact) mass is 344 g/mol. The molecule has 0 saturated heterocycles. The zero-order valence-corrected chi connectivity index (χ0v) is 13.7. The van der Waals surface area contributed by atoms with Gasteiger partial charge in [0.15, 0.2) is 0 Å². The Bertz CT molecular complexity index is 569. The highest BCUT2D eigenvalue weighted by Gasteiger charge is 2.38. The van der Waals surface area contributed by atoms with Crippen LogP contribution in [0.2, 0.25) is 0 Å². The van der Waals surface area contributed by atoms with Gasteiger partial charge < -0.3 is 15.8 Å². The van der Waals surface area contributed by atoms with Crippen molar-refractivity contribution in [1.29, 1.82) is 0 Å². The van der Waals surface area contributed by atoms with E-state index in [4.69, 9.17) is 10.5 Å². The van der Waals surface area contributed by atoms with Crippen LogP contribution >= 0.6 is 0 Å². The Morgan fingerprint density at radius 1 is 1.38 bits per heavy atom. The molecule has 1 aromatic rings. The van der Waals surface area contributed by atoms with Gasteiger partial charge in [-0.05, 0) is 24.5 Å². The van der Waals surface area contributed by atoms with Crippen molar-refractivity contribution < 1.29 is 22.7 Å². The number of hydrogen-bond acceptors (Lipinski definition) is 3. The van der Waals surface area contributed by atoms with Crippen molar-refractivity contribution in [2.75, 3.05) is 20.3 Å². The number of carbonyl (C=O) groups excluding carboxylic acids is 1. The first kappa shape index (κ1) is 18.7. The van der Waals surface area contributed by atoms with Crippen LogP contribution in [0, 0.1) is 0 Å². The molecule has 1 unspecified atom stereocenters. The average Bonchev–Trinajstić information content (AvgIpc) is 3.02. The fourth-order valence-corrected chi connectivity index (χ4v) is 3.29. The van der Waals surface area contributed by atoms with Crippen molar-refractivity contribution in [3.05, 3.63) is 35.4 Å². The van der Waals surface area contributed by atoms with Crippen molar-refractivity contribution >= 4 is 5.91 Å². The summed E-state index contributed by atoms with van der Waals surface area (Å²) in [5.74, 6) is -0.352. The SMILES string of the molecule is COCC(N)C(=O)NCC1(c2cccc(C(F)(F)F)c2)CCCC1. The van der Waals surface area contributed by atoms with Crippen LogP contribution in [0.1, 0.15) is 36.8 Å². The number of benzene rings is 1. The summed E-state index contributed by atoms with van der Waals surface area (Å²) in [6.45, 7) is 0.382. The van der Waals surface area contributed by atoms with E-state index in [1.54, 1.807) is 6.07 Å². The molecule has 0 aliphatic heterocycles. The molecule has 1 fully saturated rings. The molecule has 1 aromatic carbocycles. The van der Waals surface area contributed by atoms with E-state index in [1.807, 2.05) is 0 Å². The van der Waals surface area contributed by atoms with E-state index in [-0.39, 0.29) is 19.1 Å². The molecule has 0 aromatic heterocycles. The molecule has 0 radical (unpaired) electrons. The number of carbonyl (C=O) groups is 1. The van der Waals surface area contributed by atoms with Crippen molar-refractivity contribution in [3.63, 3.8) is 0 Å². The number of methoxy groups -OCH3 is 1. The lowest BCUT2D eigenvalue weighted by atomic mass is 9.78. The molecule has 1 saturated carbocycles.